The van der Waals surface area contributed by atoms with Gasteiger partial charge in [0.25, 0.3) is 0 Å². The molecule has 1 saturated carbocycles. The molecule has 1 fully saturated rings. The van der Waals surface area contributed by atoms with Crippen LogP contribution < -0.4 is 0 Å². The minimum Gasteiger partial charge on any atom is -0.234 e. The van der Waals surface area contributed by atoms with Gasteiger partial charge < -0.3 is 0 Å². The summed E-state index contributed by atoms with van der Waals surface area (Å²) in [6, 6.07) is 6.09. The first kappa shape index (κ1) is 16.1. The van der Waals surface area contributed by atoms with Crippen LogP contribution in [0.4, 0.5) is 8.78 Å². The molecule has 23 heavy (non-hydrogen) atoms. The van der Waals surface area contributed by atoms with Crippen LogP contribution in [0, 0.1) is 26.7 Å². The Morgan fingerprint density at radius 1 is 1.13 bits per heavy atom. The Bertz CT molecular complexity index is 696. The average molecular weight is 319 g/mol. The molecule has 0 aromatic carbocycles. The summed E-state index contributed by atoms with van der Waals surface area (Å²) in [5.41, 5.74) is 4.10. The van der Waals surface area contributed by atoms with E-state index in [0.29, 0.717) is 18.8 Å². The standard InChI is InChI=1S/C18H23F2N3/c1-12-8-16(11-15-4-6-18(19,20)7-5-15)21-17(9-12)23-14(3)10-13(2)22-23/h8-10,15H,4-7,11H2,1-3H3. The molecule has 2 aromatic heterocycles. The zero-order valence-corrected chi connectivity index (χ0v) is 13.9. The first-order valence-electron chi connectivity index (χ1n) is 8.21. The molecule has 0 aliphatic heterocycles. The van der Waals surface area contributed by atoms with Crippen molar-refractivity contribution in [2.24, 2.45) is 5.92 Å². The SMILES string of the molecule is Cc1cc(CC2CCC(F)(F)CC2)nc(-n2nc(C)cc2C)c1. The maximum atomic E-state index is 13.3. The van der Waals surface area contributed by atoms with Crippen LogP contribution in [0.15, 0.2) is 18.2 Å². The third kappa shape index (κ3) is 3.77. The second kappa shape index (κ2) is 6.02. The summed E-state index contributed by atoms with van der Waals surface area (Å²) in [6.07, 6.45) is 1.95. The molecule has 0 N–H and O–H groups in total. The highest BCUT2D eigenvalue weighted by Crippen LogP contribution is 2.37. The maximum absolute atomic E-state index is 13.3. The zero-order valence-electron chi connectivity index (χ0n) is 13.9. The van der Waals surface area contributed by atoms with Crippen LogP contribution in [0.5, 0.6) is 0 Å². The van der Waals surface area contributed by atoms with E-state index in [-0.39, 0.29) is 12.8 Å². The maximum Gasteiger partial charge on any atom is 0.248 e. The van der Waals surface area contributed by atoms with Crippen molar-refractivity contribution in [2.75, 3.05) is 0 Å². The van der Waals surface area contributed by atoms with Crippen molar-refractivity contribution < 1.29 is 8.78 Å². The number of alkyl halides is 2. The van der Waals surface area contributed by atoms with E-state index in [9.17, 15) is 8.78 Å². The van der Waals surface area contributed by atoms with Gasteiger partial charge in [-0.2, -0.15) is 5.10 Å². The van der Waals surface area contributed by atoms with Gasteiger partial charge in [0.15, 0.2) is 5.82 Å². The summed E-state index contributed by atoms with van der Waals surface area (Å²) < 4.78 is 28.4. The lowest BCUT2D eigenvalue weighted by Gasteiger charge is -2.28. The van der Waals surface area contributed by atoms with Gasteiger partial charge in [0.2, 0.25) is 5.92 Å². The number of nitrogens with zero attached hydrogens (tertiary/aromatic N) is 3. The molecule has 0 radical (unpaired) electrons. The van der Waals surface area contributed by atoms with Crippen LogP contribution in [0.1, 0.15) is 48.3 Å². The second-order valence-electron chi connectivity index (χ2n) is 6.84. The molecule has 3 nitrogen and oxygen atoms in total. The van der Waals surface area contributed by atoms with Gasteiger partial charge in [-0.05, 0) is 69.7 Å². The first-order chi connectivity index (χ1) is 10.8. The molecule has 0 spiro atoms. The van der Waals surface area contributed by atoms with E-state index in [2.05, 4.69) is 11.2 Å². The van der Waals surface area contributed by atoms with E-state index in [1.165, 1.54) is 0 Å². The molecule has 1 aliphatic carbocycles. The highest BCUT2D eigenvalue weighted by atomic mass is 19.3. The van der Waals surface area contributed by atoms with Crippen molar-refractivity contribution in [3.8, 4) is 5.82 Å². The van der Waals surface area contributed by atoms with E-state index in [1.807, 2.05) is 37.6 Å². The third-order valence-corrected chi connectivity index (χ3v) is 4.57. The Labute approximate surface area is 135 Å². The van der Waals surface area contributed by atoms with E-state index in [4.69, 9.17) is 4.98 Å². The Balaban J connectivity index is 1.80. The topological polar surface area (TPSA) is 30.7 Å². The lowest BCUT2D eigenvalue weighted by Crippen LogP contribution is -2.25. The molecular formula is C18H23F2N3. The molecule has 0 atom stereocenters. The average Bonchev–Trinajstić information content (AvgIpc) is 2.79. The zero-order chi connectivity index (χ0) is 16.6. The molecule has 0 bridgehead atoms. The fourth-order valence-electron chi connectivity index (χ4n) is 3.39. The lowest BCUT2D eigenvalue weighted by molar-refractivity contribution is -0.0457. The molecule has 124 valence electrons. The summed E-state index contributed by atoms with van der Waals surface area (Å²) in [4.78, 5) is 4.72. The number of aryl methyl sites for hydroxylation is 3. The molecule has 5 heteroatoms. The monoisotopic (exact) mass is 319 g/mol. The molecule has 2 heterocycles. The quantitative estimate of drug-likeness (QED) is 0.830. The predicted octanol–water partition coefficient (Wildman–Crippen LogP) is 4.56. The van der Waals surface area contributed by atoms with Crippen molar-refractivity contribution >= 4 is 0 Å². The Morgan fingerprint density at radius 2 is 1.83 bits per heavy atom. The molecule has 0 amide bonds. The fourth-order valence-corrected chi connectivity index (χ4v) is 3.39. The summed E-state index contributed by atoms with van der Waals surface area (Å²) in [7, 11) is 0. The van der Waals surface area contributed by atoms with Gasteiger partial charge in [0, 0.05) is 24.2 Å². The fraction of sp³-hybridized carbons (Fsp3) is 0.556. The van der Waals surface area contributed by atoms with Gasteiger partial charge >= 0.3 is 0 Å². The van der Waals surface area contributed by atoms with Gasteiger partial charge in [0.05, 0.1) is 5.69 Å². The highest BCUT2D eigenvalue weighted by Gasteiger charge is 2.34. The van der Waals surface area contributed by atoms with Gasteiger partial charge in [-0.3, -0.25) is 0 Å². The third-order valence-electron chi connectivity index (χ3n) is 4.57. The van der Waals surface area contributed by atoms with Gasteiger partial charge in [0.1, 0.15) is 0 Å². The van der Waals surface area contributed by atoms with Crippen LogP contribution in [0.3, 0.4) is 0 Å². The second-order valence-corrected chi connectivity index (χ2v) is 6.84. The van der Waals surface area contributed by atoms with E-state index < -0.39 is 5.92 Å². The van der Waals surface area contributed by atoms with E-state index in [1.54, 1.807) is 0 Å². The van der Waals surface area contributed by atoms with E-state index in [0.717, 1.165) is 34.9 Å². The van der Waals surface area contributed by atoms with Crippen molar-refractivity contribution in [1.29, 1.82) is 0 Å². The number of halogens is 2. The Hall–Kier alpha value is -1.78. The number of pyridine rings is 1. The van der Waals surface area contributed by atoms with Crippen LogP contribution >= 0.6 is 0 Å². The van der Waals surface area contributed by atoms with Crippen LogP contribution in [-0.4, -0.2) is 20.7 Å². The van der Waals surface area contributed by atoms with Crippen LogP contribution in [0.25, 0.3) is 5.82 Å². The lowest BCUT2D eigenvalue weighted by atomic mass is 9.84. The van der Waals surface area contributed by atoms with Gasteiger partial charge in [-0.1, -0.05) is 0 Å². The highest BCUT2D eigenvalue weighted by molar-refractivity contribution is 5.32. The predicted molar refractivity (Wildman–Crippen MR) is 86.2 cm³/mol. The number of rotatable bonds is 3. The molecule has 0 saturated heterocycles. The number of aromatic nitrogens is 3. The number of hydrogen-bond donors (Lipinski definition) is 0. The van der Waals surface area contributed by atoms with Gasteiger partial charge in [-0.15, -0.1) is 0 Å². The summed E-state index contributed by atoms with van der Waals surface area (Å²) in [5.74, 6) is -1.35. The molecule has 2 aromatic rings. The smallest absolute Gasteiger partial charge is 0.234 e. The first-order valence-corrected chi connectivity index (χ1v) is 8.21. The van der Waals surface area contributed by atoms with Crippen molar-refractivity contribution in [1.82, 2.24) is 14.8 Å². The molecule has 0 unspecified atom stereocenters. The van der Waals surface area contributed by atoms with E-state index >= 15 is 0 Å². The van der Waals surface area contributed by atoms with Crippen molar-refractivity contribution in [3.63, 3.8) is 0 Å². The Morgan fingerprint density at radius 3 is 2.43 bits per heavy atom. The minimum atomic E-state index is -2.47. The normalized spacial score (nSPS) is 18.3. The largest absolute Gasteiger partial charge is 0.248 e. The molecule has 1 aliphatic rings. The Kier molecular flexibility index (Phi) is 4.21. The molecule has 3 rings (SSSR count). The molecular weight excluding hydrogens is 296 g/mol. The minimum absolute atomic E-state index is 0.00774. The number of hydrogen-bond acceptors (Lipinski definition) is 2. The van der Waals surface area contributed by atoms with Crippen molar-refractivity contribution in [2.45, 2.75) is 58.8 Å². The summed E-state index contributed by atoms with van der Waals surface area (Å²) in [5, 5.41) is 4.48. The summed E-state index contributed by atoms with van der Waals surface area (Å²) in [6.45, 7) is 6.00. The van der Waals surface area contributed by atoms with Crippen LogP contribution in [-0.2, 0) is 6.42 Å². The summed E-state index contributed by atoms with van der Waals surface area (Å²) >= 11 is 0. The van der Waals surface area contributed by atoms with Crippen LogP contribution in [0.2, 0.25) is 0 Å². The van der Waals surface area contributed by atoms with Gasteiger partial charge in [-0.25, -0.2) is 18.4 Å². The van der Waals surface area contributed by atoms with Crippen molar-refractivity contribution in [3.05, 3.63) is 40.8 Å².